The van der Waals surface area contributed by atoms with Gasteiger partial charge in [0.25, 0.3) is 0 Å². The Kier molecular flexibility index (Phi) is 4.18. The number of carbonyl (C=O) groups excluding carboxylic acids is 1. The van der Waals surface area contributed by atoms with Crippen LogP contribution in [0.1, 0.15) is 6.92 Å². The van der Waals surface area contributed by atoms with Crippen molar-refractivity contribution in [1.29, 1.82) is 0 Å². The zero-order valence-electron chi connectivity index (χ0n) is 8.47. The average Bonchev–Trinajstić information content (AvgIpc) is 2.18. The van der Waals surface area contributed by atoms with Crippen molar-refractivity contribution < 1.29 is 4.79 Å². The highest BCUT2D eigenvalue weighted by atomic mass is 16.2. The van der Waals surface area contributed by atoms with Gasteiger partial charge in [0.05, 0.1) is 0 Å². The Morgan fingerprint density at radius 2 is 2.15 bits per heavy atom. The number of amides is 1. The Morgan fingerprint density at radius 1 is 1.54 bits per heavy atom. The van der Waals surface area contributed by atoms with E-state index in [4.69, 9.17) is 0 Å². The molecule has 1 heterocycles. The van der Waals surface area contributed by atoms with Crippen LogP contribution < -0.4 is 10.6 Å². The molecular formula is C9H19N3O. The Labute approximate surface area is 79.7 Å². The molecule has 2 N–H and O–H groups in total. The molecule has 0 saturated carbocycles. The lowest BCUT2D eigenvalue weighted by molar-refractivity contribution is -0.135. The Hall–Kier alpha value is -0.610. The quantitative estimate of drug-likeness (QED) is 0.609. The van der Waals surface area contributed by atoms with Gasteiger partial charge in [-0.25, -0.2) is 0 Å². The maximum Gasteiger partial charge on any atom is 0.226 e. The van der Waals surface area contributed by atoms with Crippen LogP contribution in [-0.4, -0.2) is 50.6 Å². The first-order chi connectivity index (χ1) is 6.25. The highest BCUT2D eigenvalue weighted by Crippen LogP contribution is 2.02. The molecule has 0 aliphatic carbocycles. The molecule has 1 saturated heterocycles. The fourth-order valence-corrected chi connectivity index (χ4v) is 1.59. The largest absolute Gasteiger partial charge is 0.340 e. The zero-order chi connectivity index (χ0) is 9.68. The average molecular weight is 185 g/mol. The number of hydrogen-bond donors (Lipinski definition) is 2. The zero-order valence-corrected chi connectivity index (χ0v) is 8.47. The lowest BCUT2D eigenvalue weighted by Gasteiger charge is -2.29. The van der Waals surface area contributed by atoms with E-state index in [0.717, 1.165) is 32.7 Å². The molecule has 0 aromatic carbocycles. The highest BCUT2D eigenvalue weighted by molar-refractivity contribution is 5.78. The summed E-state index contributed by atoms with van der Waals surface area (Å²) in [5.74, 6) is 0.374. The van der Waals surface area contributed by atoms with Crippen LogP contribution >= 0.6 is 0 Å². The second-order valence-corrected chi connectivity index (χ2v) is 3.53. The molecule has 1 amide bonds. The van der Waals surface area contributed by atoms with E-state index in [1.54, 1.807) is 0 Å². The van der Waals surface area contributed by atoms with Crippen molar-refractivity contribution in [3.63, 3.8) is 0 Å². The van der Waals surface area contributed by atoms with Gasteiger partial charge < -0.3 is 15.5 Å². The van der Waals surface area contributed by atoms with Crippen molar-refractivity contribution in [2.24, 2.45) is 5.92 Å². The third-order valence-corrected chi connectivity index (χ3v) is 2.36. The topological polar surface area (TPSA) is 44.4 Å². The van der Waals surface area contributed by atoms with Crippen molar-refractivity contribution >= 4 is 5.91 Å². The van der Waals surface area contributed by atoms with Gasteiger partial charge in [-0.1, -0.05) is 6.92 Å². The van der Waals surface area contributed by atoms with Crippen LogP contribution in [0.2, 0.25) is 0 Å². The van der Waals surface area contributed by atoms with Crippen LogP contribution in [0.4, 0.5) is 0 Å². The van der Waals surface area contributed by atoms with Gasteiger partial charge in [0.1, 0.15) is 0 Å². The third-order valence-electron chi connectivity index (χ3n) is 2.36. The van der Waals surface area contributed by atoms with Gasteiger partial charge in [-0.3, -0.25) is 4.79 Å². The van der Waals surface area contributed by atoms with E-state index in [2.05, 4.69) is 10.6 Å². The predicted octanol–water partition coefficient (Wildman–Crippen LogP) is -0.726. The molecule has 1 rings (SSSR count). The smallest absolute Gasteiger partial charge is 0.226 e. The third kappa shape index (κ3) is 2.97. The Bertz CT molecular complexity index is 166. The van der Waals surface area contributed by atoms with Gasteiger partial charge in [-0.05, 0) is 7.05 Å². The van der Waals surface area contributed by atoms with Crippen LogP contribution in [0.15, 0.2) is 0 Å². The predicted molar refractivity (Wildman–Crippen MR) is 52.5 cm³/mol. The molecule has 76 valence electrons. The minimum Gasteiger partial charge on any atom is -0.340 e. The fourth-order valence-electron chi connectivity index (χ4n) is 1.59. The van der Waals surface area contributed by atoms with Gasteiger partial charge in [-0.2, -0.15) is 0 Å². The van der Waals surface area contributed by atoms with Crippen molar-refractivity contribution in [3.05, 3.63) is 0 Å². The molecule has 0 bridgehead atoms. The molecule has 0 spiro atoms. The lowest BCUT2D eigenvalue weighted by atomic mass is 10.1. The molecule has 4 nitrogen and oxygen atoms in total. The molecule has 13 heavy (non-hydrogen) atoms. The number of rotatable bonds is 3. The summed E-state index contributed by atoms with van der Waals surface area (Å²) < 4.78 is 0. The SMILES string of the molecule is CNCC(C)C(=O)N1CCNCC1. The van der Waals surface area contributed by atoms with Crippen molar-refractivity contribution in [2.75, 3.05) is 39.8 Å². The van der Waals surface area contributed by atoms with Gasteiger partial charge >= 0.3 is 0 Å². The summed E-state index contributed by atoms with van der Waals surface area (Å²) in [7, 11) is 1.88. The molecular weight excluding hydrogens is 166 g/mol. The van der Waals surface area contributed by atoms with E-state index in [0.29, 0.717) is 0 Å². The van der Waals surface area contributed by atoms with Gasteiger partial charge in [0.2, 0.25) is 5.91 Å². The first-order valence-electron chi connectivity index (χ1n) is 4.90. The van der Waals surface area contributed by atoms with E-state index in [9.17, 15) is 4.79 Å². The van der Waals surface area contributed by atoms with Crippen LogP contribution in [0.5, 0.6) is 0 Å². The lowest BCUT2D eigenvalue weighted by Crippen LogP contribution is -2.49. The summed E-state index contributed by atoms with van der Waals surface area (Å²) in [5.41, 5.74) is 0. The van der Waals surface area contributed by atoms with Crippen molar-refractivity contribution in [1.82, 2.24) is 15.5 Å². The first kappa shape index (κ1) is 10.5. The first-order valence-corrected chi connectivity index (χ1v) is 4.90. The molecule has 0 aromatic heterocycles. The second kappa shape index (κ2) is 5.19. The van der Waals surface area contributed by atoms with E-state index in [1.165, 1.54) is 0 Å². The van der Waals surface area contributed by atoms with Gasteiger partial charge in [-0.15, -0.1) is 0 Å². The van der Waals surface area contributed by atoms with Crippen LogP contribution in [0.25, 0.3) is 0 Å². The maximum absolute atomic E-state index is 11.7. The summed E-state index contributed by atoms with van der Waals surface area (Å²) in [6.45, 7) is 6.30. The van der Waals surface area contributed by atoms with E-state index in [1.807, 2.05) is 18.9 Å². The van der Waals surface area contributed by atoms with Crippen LogP contribution in [-0.2, 0) is 4.79 Å². The van der Waals surface area contributed by atoms with Crippen molar-refractivity contribution in [3.8, 4) is 0 Å². The number of nitrogens with one attached hydrogen (secondary N) is 2. The highest BCUT2D eigenvalue weighted by Gasteiger charge is 2.20. The van der Waals surface area contributed by atoms with E-state index >= 15 is 0 Å². The number of hydrogen-bond acceptors (Lipinski definition) is 3. The molecule has 1 aliphatic heterocycles. The van der Waals surface area contributed by atoms with Gasteiger partial charge in [0, 0.05) is 38.6 Å². The maximum atomic E-state index is 11.7. The normalized spacial score (nSPS) is 20.0. The Morgan fingerprint density at radius 3 is 2.69 bits per heavy atom. The summed E-state index contributed by atoms with van der Waals surface area (Å²) in [5, 5.41) is 6.26. The molecule has 0 aromatic rings. The number of piperazine rings is 1. The standard InChI is InChI=1S/C9H19N3O/c1-8(7-10-2)9(13)12-5-3-11-4-6-12/h8,10-11H,3-7H2,1-2H3. The number of nitrogens with zero attached hydrogens (tertiary/aromatic N) is 1. The molecule has 1 unspecified atom stereocenters. The van der Waals surface area contributed by atoms with Gasteiger partial charge in [0.15, 0.2) is 0 Å². The summed E-state index contributed by atoms with van der Waals surface area (Å²) in [6, 6.07) is 0. The summed E-state index contributed by atoms with van der Waals surface area (Å²) in [4.78, 5) is 13.7. The minimum atomic E-state index is 0.100. The van der Waals surface area contributed by atoms with Crippen molar-refractivity contribution in [2.45, 2.75) is 6.92 Å². The van der Waals surface area contributed by atoms with E-state index in [-0.39, 0.29) is 11.8 Å². The monoisotopic (exact) mass is 185 g/mol. The molecule has 1 fully saturated rings. The summed E-state index contributed by atoms with van der Waals surface area (Å²) in [6.07, 6.45) is 0. The Balaban J connectivity index is 2.36. The minimum absolute atomic E-state index is 0.100. The molecule has 1 atom stereocenters. The number of carbonyl (C=O) groups is 1. The summed E-state index contributed by atoms with van der Waals surface area (Å²) >= 11 is 0. The van der Waals surface area contributed by atoms with Crippen LogP contribution in [0.3, 0.4) is 0 Å². The second-order valence-electron chi connectivity index (χ2n) is 3.53. The molecule has 1 aliphatic rings. The molecule has 4 heteroatoms. The molecule has 0 radical (unpaired) electrons. The van der Waals surface area contributed by atoms with Crippen LogP contribution in [0, 0.1) is 5.92 Å². The fraction of sp³-hybridized carbons (Fsp3) is 0.889. The van der Waals surface area contributed by atoms with E-state index < -0.39 is 0 Å².